The highest BCUT2D eigenvalue weighted by Crippen LogP contribution is 2.20. The first-order valence-electron chi connectivity index (χ1n) is 8.86. The minimum atomic E-state index is 0.187. The molecule has 24 heavy (non-hydrogen) atoms. The van der Waals surface area contributed by atoms with Crippen molar-refractivity contribution < 1.29 is 9.53 Å². The molecule has 5 heteroatoms. The molecule has 1 fully saturated rings. The molecule has 5 nitrogen and oxygen atoms in total. The van der Waals surface area contributed by atoms with Crippen LogP contribution in [0.2, 0.25) is 0 Å². The molecule has 1 aromatic rings. The Morgan fingerprint density at radius 1 is 1.38 bits per heavy atom. The number of benzene rings is 1. The van der Waals surface area contributed by atoms with Gasteiger partial charge in [-0.3, -0.25) is 9.69 Å². The Bertz CT molecular complexity index is 513. The lowest BCUT2D eigenvalue weighted by atomic mass is 9.93. The van der Waals surface area contributed by atoms with E-state index in [1.165, 1.54) is 19.3 Å². The van der Waals surface area contributed by atoms with Crippen molar-refractivity contribution in [2.75, 3.05) is 47.4 Å². The number of carbonyl (C=O) groups excluding carboxylic acids is 1. The van der Waals surface area contributed by atoms with Crippen LogP contribution < -0.4 is 10.1 Å². The molecule has 0 saturated carbocycles. The second kappa shape index (κ2) is 9.64. The number of ether oxygens (including phenoxy) is 1. The SMILES string of the molecule is CNCCC1CCN(CC(=O)N(C)Cc2cccc(OC)c2)CC1. The summed E-state index contributed by atoms with van der Waals surface area (Å²) < 4.78 is 5.24. The van der Waals surface area contributed by atoms with E-state index in [0.717, 1.165) is 36.9 Å². The fourth-order valence-electron chi connectivity index (χ4n) is 3.23. The van der Waals surface area contributed by atoms with Crippen LogP contribution in [0.5, 0.6) is 5.75 Å². The number of methoxy groups -OCH3 is 1. The van der Waals surface area contributed by atoms with Gasteiger partial charge in [0.1, 0.15) is 5.75 Å². The number of likely N-dealkylation sites (N-methyl/N-ethyl adjacent to an activating group) is 1. The Balaban J connectivity index is 1.75. The Morgan fingerprint density at radius 3 is 2.79 bits per heavy atom. The number of amides is 1. The summed E-state index contributed by atoms with van der Waals surface area (Å²) in [6.07, 6.45) is 3.65. The lowest BCUT2D eigenvalue weighted by molar-refractivity contribution is -0.132. The summed E-state index contributed by atoms with van der Waals surface area (Å²) in [5, 5.41) is 3.22. The third-order valence-electron chi connectivity index (χ3n) is 4.85. The van der Waals surface area contributed by atoms with E-state index in [2.05, 4.69) is 10.2 Å². The van der Waals surface area contributed by atoms with E-state index >= 15 is 0 Å². The zero-order valence-corrected chi connectivity index (χ0v) is 15.3. The lowest BCUT2D eigenvalue weighted by Crippen LogP contribution is -2.42. The third-order valence-corrected chi connectivity index (χ3v) is 4.85. The predicted octanol–water partition coefficient (Wildman–Crippen LogP) is 1.98. The Labute approximate surface area is 146 Å². The second-order valence-electron chi connectivity index (χ2n) is 6.71. The number of nitrogens with zero attached hydrogens (tertiary/aromatic N) is 2. The molecule has 0 radical (unpaired) electrons. The van der Waals surface area contributed by atoms with Crippen molar-refractivity contribution in [2.24, 2.45) is 5.92 Å². The van der Waals surface area contributed by atoms with Gasteiger partial charge in [-0.25, -0.2) is 0 Å². The number of hydrogen-bond donors (Lipinski definition) is 1. The second-order valence-corrected chi connectivity index (χ2v) is 6.71. The average Bonchev–Trinajstić information content (AvgIpc) is 2.61. The van der Waals surface area contributed by atoms with Crippen molar-refractivity contribution in [2.45, 2.75) is 25.8 Å². The molecular formula is C19H31N3O2. The topological polar surface area (TPSA) is 44.8 Å². The molecule has 0 aromatic heterocycles. The first-order chi connectivity index (χ1) is 11.6. The van der Waals surface area contributed by atoms with Gasteiger partial charge in [0.25, 0.3) is 0 Å². The summed E-state index contributed by atoms with van der Waals surface area (Å²) in [6, 6.07) is 7.89. The molecule has 0 spiro atoms. The molecule has 0 bridgehead atoms. The van der Waals surface area contributed by atoms with Crippen molar-refractivity contribution in [3.8, 4) is 5.75 Å². The van der Waals surface area contributed by atoms with Crippen molar-refractivity contribution in [1.82, 2.24) is 15.1 Å². The normalized spacial score (nSPS) is 16.1. The van der Waals surface area contributed by atoms with Crippen LogP contribution in [0.15, 0.2) is 24.3 Å². The van der Waals surface area contributed by atoms with E-state index in [4.69, 9.17) is 4.74 Å². The molecule has 0 atom stereocenters. The predicted molar refractivity (Wildman–Crippen MR) is 97.2 cm³/mol. The number of rotatable bonds is 8. The van der Waals surface area contributed by atoms with Gasteiger partial charge in [0, 0.05) is 13.6 Å². The van der Waals surface area contributed by atoms with Crippen LogP contribution in [0.1, 0.15) is 24.8 Å². The molecule has 0 aliphatic carbocycles. The maximum atomic E-state index is 12.5. The van der Waals surface area contributed by atoms with Crippen molar-refractivity contribution in [3.63, 3.8) is 0 Å². The molecule has 134 valence electrons. The van der Waals surface area contributed by atoms with Gasteiger partial charge in [0.2, 0.25) is 5.91 Å². The van der Waals surface area contributed by atoms with Crippen molar-refractivity contribution in [3.05, 3.63) is 29.8 Å². The van der Waals surface area contributed by atoms with Gasteiger partial charge in [-0.05, 0) is 69.6 Å². The smallest absolute Gasteiger partial charge is 0.236 e. The summed E-state index contributed by atoms with van der Waals surface area (Å²) in [4.78, 5) is 16.6. The van der Waals surface area contributed by atoms with Gasteiger partial charge < -0.3 is 15.0 Å². The molecule has 1 aliphatic rings. The van der Waals surface area contributed by atoms with Crippen LogP contribution in [-0.4, -0.2) is 63.1 Å². The van der Waals surface area contributed by atoms with E-state index in [-0.39, 0.29) is 5.91 Å². The zero-order chi connectivity index (χ0) is 17.4. The van der Waals surface area contributed by atoms with Gasteiger partial charge >= 0.3 is 0 Å². The number of nitrogens with one attached hydrogen (secondary N) is 1. The Hall–Kier alpha value is -1.59. The number of carbonyl (C=O) groups is 1. The fraction of sp³-hybridized carbons (Fsp3) is 0.632. The largest absolute Gasteiger partial charge is 0.497 e. The van der Waals surface area contributed by atoms with E-state index in [1.54, 1.807) is 7.11 Å². The van der Waals surface area contributed by atoms with Crippen molar-refractivity contribution in [1.29, 1.82) is 0 Å². The molecule has 0 unspecified atom stereocenters. The van der Waals surface area contributed by atoms with Gasteiger partial charge in [-0.15, -0.1) is 0 Å². The average molecular weight is 333 g/mol. The highest BCUT2D eigenvalue weighted by Gasteiger charge is 2.21. The summed E-state index contributed by atoms with van der Waals surface area (Å²) in [7, 11) is 5.54. The van der Waals surface area contributed by atoms with E-state index in [1.807, 2.05) is 43.3 Å². The minimum Gasteiger partial charge on any atom is -0.497 e. The number of hydrogen-bond acceptors (Lipinski definition) is 4. The van der Waals surface area contributed by atoms with Crippen LogP contribution in [0.25, 0.3) is 0 Å². The van der Waals surface area contributed by atoms with Crippen LogP contribution in [0, 0.1) is 5.92 Å². The molecule has 1 heterocycles. The summed E-state index contributed by atoms with van der Waals surface area (Å²) in [5.74, 6) is 1.82. The van der Waals surface area contributed by atoms with Crippen LogP contribution in [0.3, 0.4) is 0 Å². The zero-order valence-electron chi connectivity index (χ0n) is 15.3. The molecular weight excluding hydrogens is 302 g/mol. The van der Waals surface area contributed by atoms with Gasteiger partial charge in [0.05, 0.1) is 13.7 Å². The first-order valence-corrected chi connectivity index (χ1v) is 8.86. The van der Waals surface area contributed by atoms with E-state index in [9.17, 15) is 4.79 Å². The summed E-state index contributed by atoms with van der Waals surface area (Å²) >= 11 is 0. The van der Waals surface area contributed by atoms with Crippen LogP contribution in [0.4, 0.5) is 0 Å². The standard InChI is InChI=1S/C19H31N3O2/c1-20-10-7-16-8-11-22(12-9-16)15-19(23)21(2)14-17-5-4-6-18(13-17)24-3/h4-6,13,16,20H,7-12,14-15H2,1-3H3. The maximum absolute atomic E-state index is 12.5. The quantitative estimate of drug-likeness (QED) is 0.790. The maximum Gasteiger partial charge on any atom is 0.236 e. The monoisotopic (exact) mass is 333 g/mol. The third kappa shape index (κ3) is 5.80. The van der Waals surface area contributed by atoms with Crippen LogP contribution >= 0.6 is 0 Å². The van der Waals surface area contributed by atoms with Gasteiger partial charge in [-0.2, -0.15) is 0 Å². The van der Waals surface area contributed by atoms with Crippen molar-refractivity contribution >= 4 is 5.91 Å². The van der Waals surface area contributed by atoms with Crippen LogP contribution in [-0.2, 0) is 11.3 Å². The van der Waals surface area contributed by atoms with Gasteiger partial charge in [-0.1, -0.05) is 12.1 Å². The Morgan fingerprint density at radius 2 is 2.12 bits per heavy atom. The summed E-state index contributed by atoms with van der Waals surface area (Å²) in [6.45, 7) is 4.31. The van der Waals surface area contributed by atoms with E-state index < -0.39 is 0 Å². The molecule has 1 aromatic carbocycles. The Kier molecular flexibility index (Phi) is 7.53. The minimum absolute atomic E-state index is 0.187. The molecule has 2 rings (SSSR count). The number of piperidine rings is 1. The molecule has 1 aliphatic heterocycles. The summed E-state index contributed by atoms with van der Waals surface area (Å²) in [5.41, 5.74) is 1.09. The van der Waals surface area contributed by atoms with Gasteiger partial charge in [0.15, 0.2) is 0 Å². The molecule has 1 N–H and O–H groups in total. The highest BCUT2D eigenvalue weighted by molar-refractivity contribution is 5.78. The molecule has 1 amide bonds. The highest BCUT2D eigenvalue weighted by atomic mass is 16.5. The molecule has 1 saturated heterocycles. The lowest BCUT2D eigenvalue weighted by Gasteiger charge is -2.32. The number of likely N-dealkylation sites (tertiary alicyclic amines) is 1. The van der Waals surface area contributed by atoms with E-state index in [0.29, 0.717) is 13.1 Å². The first kappa shape index (κ1) is 18.7. The fourth-order valence-corrected chi connectivity index (χ4v) is 3.23.